The molecule has 0 radical (unpaired) electrons. The molecule has 0 bridgehead atoms. The first kappa shape index (κ1) is 12.1. The number of hydrogen-bond donors (Lipinski definition) is 1. The predicted molar refractivity (Wildman–Crippen MR) is 64.7 cm³/mol. The highest BCUT2D eigenvalue weighted by Crippen LogP contribution is 2.21. The number of nitrogens with zero attached hydrogens (tertiary/aromatic N) is 2. The van der Waals surface area contributed by atoms with E-state index in [9.17, 15) is 0 Å². The first-order valence-corrected chi connectivity index (χ1v) is 5.96. The molecule has 0 unspecified atom stereocenters. The summed E-state index contributed by atoms with van der Waals surface area (Å²) < 4.78 is 5.19. The predicted octanol–water partition coefficient (Wildman–Crippen LogP) is 2.04. The maximum atomic E-state index is 5.02. The minimum absolute atomic E-state index is 0.173. The van der Waals surface area contributed by atoms with Crippen LogP contribution in [0.15, 0.2) is 12.3 Å². The van der Waals surface area contributed by atoms with Gasteiger partial charge in [0.25, 0.3) is 0 Å². The first-order valence-electron chi connectivity index (χ1n) is 4.73. The van der Waals surface area contributed by atoms with Gasteiger partial charge in [0.2, 0.25) is 11.8 Å². The molecule has 0 aliphatic carbocycles. The average molecular weight is 227 g/mol. The SMILES string of the molecule is COc1ccnc(NCC(C)(C)SC)n1. The largest absolute Gasteiger partial charge is 0.481 e. The molecule has 0 saturated heterocycles. The number of ether oxygens (including phenoxy) is 1. The van der Waals surface area contributed by atoms with Crippen LogP contribution in [0.5, 0.6) is 5.88 Å². The van der Waals surface area contributed by atoms with Crippen molar-refractivity contribution in [3.05, 3.63) is 12.3 Å². The lowest BCUT2D eigenvalue weighted by molar-refractivity contribution is 0.397. The van der Waals surface area contributed by atoms with Crippen molar-refractivity contribution in [1.29, 1.82) is 0 Å². The van der Waals surface area contributed by atoms with Crippen LogP contribution >= 0.6 is 11.8 Å². The van der Waals surface area contributed by atoms with Crippen LogP contribution in [0.25, 0.3) is 0 Å². The van der Waals surface area contributed by atoms with Crippen molar-refractivity contribution >= 4 is 17.7 Å². The second-order valence-corrected chi connectivity index (χ2v) is 5.25. The van der Waals surface area contributed by atoms with E-state index in [1.807, 2.05) is 0 Å². The van der Waals surface area contributed by atoms with Crippen molar-refractivity contribution < 1.29 is 4.74 Å². The summed E-state index contributed by atoms with van der Waals surface area (Å²) in [6.45, 7) is 5.16. The molecule has 0 spiro atoms. The fourth-order valence-corrected chi connectivity index (χ4v) is 1.12. The molecule has 4 nitrogen and oxygen atoms in total. The van der Waals surface area contributed by atoms with Gasteiger partial charge in [-0.25, -0.2) is 4.98 Å². The third-order valence-corrected chi connectivity index (χ3v) is 3.31. The van der Waals surface area contributed by atoms with Gasteiger partial charge in [-0.3, -0.25) is 0 Å². The van der Waals surface area contributed by atoms with Crippen molar-refractivity contribution in [3.63, 3.8) is 0 Å². The van der Waals surface area contributed by atoms with Crippen LogP contribution in [0.2, 0.25) is 0 Å². The summed E-state index contributed by atoms with van der Waals surface area (Å²) >= 11 is 1.81. The van der Waals surface area contributed by atoms with Gasteiger partial charge < -0.3 is 10.1 Å². The molecular formula is C10H17N3OS. The molecule has 0 atom stereocenters. The van der Waals surface area contributed by atoms with E-state index in [1.165, 1.54) is 0 Å². The minimum Gasteiger partial charge on any atom is -0.481 e. The Morgan fingerprint density at radius 1 is 1.53 bits per heavy atom. The number of hydrogen-bond acceptors (Lipinski definition) is 5. The number of thioether (sulfide) groups is 1. The van der Waals surface area contributed by atoms with Gasteiger partial charge in [-0.05, 0) is 20.1 Å². The molecule has 15 heavy (non-hydrogen) atoms. The van der Waals surface area contributed by atoms with Crippen LogP contribution in [0.1, 0.15) is 13.8 Å². The fraction of sp³-hybridized carbons (Fsp3) is 0.600. The third kappa shape index (κ3) is 3.95. The molecular weight excluding hydrogens is 210 g/mol. The van der Waals surface area contributed by atoms with E-state index in [4.69, 9.17) is 4.74 Å². The number of aromatic nitrogens is 2. The smallest absolute Gasteiger partial charge is 0.225 e. The maximum Gasteiger partial charge on any atom is 0.225 e. The van der Waals surface area contributed by atoms with Gasteiger partial charge >= 0.3 is 0 Å². The number of anilines is 1. The van der Waals surface area contributed by atoms with Crippen LogP contribution < -0.4 is 10.1 Å². The van der Waals surface area contributed by atoms with Crippen LogP contribution in [0.3, 0.4) is 0 Å². The Hall–Kier alpha value is -0.970. The lowest BCUT2D eigenvalue weighted by Crippen LogP contribution is -2.26. The Morgan fingerprint density at radius 3 is 2.87 bits per heavy atom. The van der Waals surface area contributed by atoms with Crippen LogP contribution in [-0.2, 0) is 0 Å². The van der Waals surface area contributed by atoms with E-state index < -0.39 is 0 Å². The van der Waals surface area contributed by atoms with Gasteiger partial charge in [0.1, 0.15) is 0 Å². The van der Waals surface area contributed by atoms with Gasteiger partial charge in [0.05, 0.1) is 7.11 Å². The molecule has 0 saturated carbocycles. The zero-order chi connectivity index (χ0) is 11.3. The minimum atomic E-state index is 0.173. The summed E-state index contributed by atoms with van der Waals surface area (Å²) in [7, 11) is 1.60. The average Bonchev–Trinajstić information content (AvgIpc) is 2.27. The Kier molecular flexibility index (Phi) is 4.20. The van der Waals surface area contributed by atoms with Gasteiger partial charge in [0, 0.05) is 23.6 Å². The third-order valence-electron chi connectivity index (χ3n) is 2.06. The van der Waals surface area contributed by atoms with Crippen LogP contribution in [0.4, 0.5) is 5.95 Å². The fourth-order valence-electron chi connectivity index (χ4n) is 0.905. The van der Waals surface area contributed by atoms with Gasteiger partial charge in [-0.2, -0.15) is 16.7 Å². The molecule has 0 fully saturated rings. The summed E-state index contributed by atoms with van der Waals surface area (Å²) in [5.41, 5.74) is 0. The molecule has 0 aromatic carbocycles. The zero-order valence-corrected chi connectivity index (χ0v) is 10.4. The second-order valence-electron chi connectivity index (χ2n) is 3.74. The van der Waals surface area contributed by atoms with Crippen LogP contribution in [-0.4, -0.2) is 34.6 Å². The lowest BCUT2D eigenvalue weighted by Gasteiger charge is -2.22. The summed E-state index contributed by atoms with van der Waals surface area (Å²) in [5.74, 6) is 1.19. The molecule has 0 aliphatic heterocycles. The van der Waals surface area contributed by atoms with E-state index in [0.717, 1.165) is 6.54 Å². The molecule has 5 heteroatoms. The van der Waals surface area contributed by atoms with Crippen molar-refractivity contribution in [1.82, 2.24) is 9.97 Å². The molecule has 84 valence electrons. The van der Waals surface area contributed by atoms with Crippen molar-refractivity contribution in [2.75, 3.05) is 25.2 Å². The van der Waals surface area contributed by atoms with E-state index in [0.29, 0.717) is 11.8 Å². The Morgan fingerprint density at radius 2 is 2.27 bits per heavy atom. The van der Waals surface area contributed by atoms with Crippen molar-refractivity contribution in [2.24, 2.45) is 0 Å². The monoisotopic (exact) mass is 227 g/mol. The second kappa shape index (κ2) is 5.21. The topological polar surface area (TPSA) is 47.0 Å². The quantitative estimate of drug-likeness (QED) is 0.834. The maximum absolute atomic E-state index is 5.02. The summed E-state index contributed by atoms with van der Waals surface area (Å²) in [4.78, 5) is 8.29. The Bertz CT molecular complexity index is 317. The molecule has 1 N–H and O–H groups in total. The summed E-state index contributed by atoms with van der Waals surface area (Å²) in [6, 6.07) is 1.73. The van der Waals surface area contributed by atoms with E-state index in [-0.39, 0.29) is 4.75 Å². The zero-order valence-electron chi connectivity index (χ0n) is 9.57. The van der Waals surface area contributed by atoms with Crippen molar-refractivity contribution in [3.8, 4) is 5.88 Å². The number of methoxy groups -OCH3 is 1. The van der Waals surface area contributed by atoms with E-state index >= 15 is 0 Å². The number of rotatable bonds is 5. The summed E-state index contributed by atoms with van der Waals surface area (Å²) in [6.07, 6.45) is 3.77. The van der Waals surface area contributed by atoms with Crippen LogP contribution in [0, 0.1) is 0 Å². The van der Waals surface area contributed by atoms with Gasteiger partial charge in [-0.1, -0.05) is 0 Å². The lowest BCUT2D eigenvalue weighted by atomic mass is 10.2. The Balaban J connectivity index is 2.57. The molecule has 1 aromatic heterocycles. The van der Waals surface area contributed by atoms with Gasteiger partial charge in [-0.15, -0.1) is 0 Å². The molecule has 1 heterocycles. The number of nitrogens with one attached hydrogen (secondary N) is 1. The normalized spacial score (nSPS) is 11.2. The highest BCUT2D eigenvalue weighted by Gasteiger charge is 2.15. The van der Waals surface area contributed by atoms with Gasteiger partial charge in [0.15, 0.2) is 0 Å². The molecule has 1 rings (SSSR count). The Labute approximate surface area is 94.8 Å². The van der Waals surface area contributed by atoms with Crippen molar-refractivity contribution in [2.45, 2.75) is 18.6 Å². The first-order chi connectivity index (χ1) is 7.07. The van der Waals surface area contributed by atoms with E-state index in [2.05, 4.69) is 35.4 Å². The van der Waals surface area contributed by atoms with E-state index in [1.54, 1.807) is 31.1 Å². The standard InChI is InChI=1S/C10H17N3OS/c1-10(2,15-4)7-12-9-11-6-5-8(13-9)14-3/h5-6H,7H2,1-4H3,(H,11,12,13). The molecule has 0 amide bonds. The highest BCUT2D eigenvalue weighted by molar-refractivity contribution is 7.99. The molecule has 0 aliphatic rings. The highest BCUT2D eigenvalue weighted by atomic mass is 32.2. The molecule has 1 aromatic rings. The summed E-state index contributed by atoms with van der Waals surface area (Å²) in [5, 5.41) is 3.19.